The zero-order valence-electron chi connectivity index (χ0n) is 6.85. The highest BCUT2D eigenvalue weighted by Gasteiger charge is 2.52. The van der Waals surface area contributed by atoms with Gasteiger partial charge in [0.2, 0.25) is 0 Å². The second-order valence-corrected chi connectivity index (χ2v) is 3.26. The zero-order valence-corrected chi connectivity index (χ0v) is 6.85. The van der Waals surface area contributed by atoms with Gasteiger partial charge in [-0.1, -0.05) is 0 Å². The van der Waals surface area contributed by atoms with E-state index in [1.807, 2.05) is 0 Å². The average molecular weight is 158 g/mol. The fraction of sp³-hybridized carbons (Fsp3) is 0.857. The maximum absolute atomic E-state index is 9.00. The molecule has 2 heterocycles. The van der Waals surface area contributed by atoms with Gasteiger partial charge in [0.25, 0.3) is 5.97 Å². The van der Waals surface area contributed by atoms with Crippen LogP contribution in [0.3, 0.4) is 0 Å². The minimum atomic E-state index is -0.833. The summed E-state index contributed by atoms with van der Waals surface area (Å²) in [5.41, 5.74) is 0.500. The molecular weight excluding hydrogens is 144 g/mol. The average Bonchev–Trinajstić information content (AvgIpc) is 2.31. The highest BCUT2D eigenvalue weighted by atomic mass is 16.4. The summed E-state index contributed by atoms with van der Waals surface area (Å²) in [5.74, 6) is -0.833. The summed E-state index contributed by atoms with van der Waals surface area (Å²) in [4.78, 5) is 9.00. The maximum atomic E-state index is 9.00. The van der Waals surface area contributed by atoms with Gasteiger partial charge in [-0.25, -0.2) is 0 Å². The van der Waals surface area contributed by atoms with Gasteiger partial charge in [0, 0.05) is 31.6 Å². The highest BCUT2D eigenvalue weighted by molar-refractivity contribution is 5.62. The highest BCUT2D eigenvalue weighted by Crippen LogP contribution is 2.28. The molecule has 2 saturated heterocycles. The molecule has 0 aromatic rings. The fourth-order valence-corrected chi connectivity index (χ4v) is 1.28. The van der Waals surface area contributed by atoms with Gasteiger partial charge < -0.3 is 15.7 Å². The number of piperazine rings is 1. The van der Waals surface area contributed by atoms with Crippen LogP contribution in [0.25, 0.3) is 0 Å². The van der Waals surface area contributed by atoms with Crippen LogP contribution < -0.4 is 10.6 Å². The smallest absolute Gasteiger partial charge is 0.300 e. The van der Waals surface area contributed by atoms with E-state index in [-0.39, 0.29) is 0 Å². The van der Waals surface area contributed by atoms with Crippen molar-refractivity contribution in [1.29, 1.82) is 0 Å². The molecule has 2 aliphatic rings. The van der Waals surface area contributed by atoms with Gasteiger partial charge in [0.15, 0.2) is 0 Å². The summed E-state index contributed by atoms with van der Waals surface area (Å²) in [7, 11) is 0. The molecular formula is C7H14N2O2. The Morgan fingerprint density at radius 2 is 2.27 bits per heavy atom. The Balaban J connectivity index is 0.000000134. The number of carboxylic acids is 1. The SMILES string of the molecule is CC(=O)O.CC12CNCC1N2. The lowest BCUT2D eigenvalue weighted by Crippen LogP contribution is -2.24. The van der Waals surface area contributed by atoms with Crippen molar-refractivity contribution in [3.8, 4) is 0 Å². The maximum Gasteiger partial charge on any atom is 0.300 e. The number of nitrogens with one attached hydrogen (secondary N) is 2. The van der Waals surface area contributed by atoms with Gasteiger partial charge in [0.1, 0.15) is 0 Å². The van der Waals surface area contributed by atoms with Crippen LogP contribution in [0.2, 0.25) is 0 Å². The molecule has 0 aliphatic carbocycles. The van der Waals surface area contributed by atoms with Crippen LogP contribution in [0.5, 0.6) is 0 Å². The molecule has 0 saturated carbocycles. The van der Waals surface area contributed by atoms with Gasteiger partial charge >= 0.3 is 0 Å². The van der Waals surface area contributed by atoms with E-state index < -0.39 is 5.97 Å². The lowest BCUT2D eigenvalue weighted by Gasteiger charge is -1.97. The minimum Gasteiger partial charge on any atom is -0.481 e. The molecule has 0 bridgehead atoms. The zero-order chi connectivity index (χ0) is 8.48. The first-order valence-corrected chi connectivity index (χ1v) is 3.72. The van der Waals surface area contributed by atoms with E-state index in [9.17, 15) is 0 Å². The molecule has 2 atom stereocenters. The first kappa shape index (κ1) is 8.49. The third-order valence-electron chi connectivity index (χ3n) is 2.03. The molecule has 0 amide bonds. The van der Waals surface area contributed by atoms with Gasteiger partial charge in [-0.3, -0.25) is 4.79 Å². The van der Waals surface area contributed by atoms with Crippen LogP contribution >= 0.6 is 0 Å². The number of fused-ring (bicyclic) bond motifs is 1. The van der Waals surface area contributed by atoms with Crippen LogP contribution in [0, 0.1) is 0 Å². The van der Waals surface area contributed by atoms with Gasteiger partial charge in [0.05, 0.1) is 0 Å². The topological polar surface area (TPSA) is 71.3 Å². The second-order valence-electron chi connectivity index (χ2n) is 3.26. The van der Waals surface area contributed by atoms with E-state index in [1.54, 1.807) is 0 Å². The Kier molecular flexibility index (Phi) is 2.15. The third kappa shape index (κ3) is 2.17. The van der Waals surface area contributed by atoms with Crippen LogP contribution in [0.1, 0.15) is 13.8 Å². The predicted molar refractivity (Wildman–Crippen MR) is 41.5 cm³/mol. The molecule has 0 aromatic heterocycles. The van der Waals surface area contributed by atoms with Crippen molar-refractivity contribution in [1.82, 2.24) is 10.6 Å². The lowest BCUT2D eigenvalue weighted by molar-refractivity contribution is -0.134. The van der Waals surface area contributed by atoms with Gasteiger partial charge in [-0.2, -0.15) is 0 Å². The quantitative estimate of drug-likeness (QED) is 0.412. The largest absolute Gasteiger partial charge is 0.481 e. The number of carboxylic acid groups (broad SMARTS) is 1. The lowest BCUT2D eigenvalue weighted by atomic mass is 10.2. The summed E-state index contributed by atoms with van der Waals surface area (Å²) < 4.78 is 0. The fourth-order valence-electron chi connectivity index (χ4n) is 1.28. The normalized spacial score (nSPS) is 38.5. The van der Waals surface area contributed by atoms with Crippen molar-refractivity contribution in [3.63, 3.8) is 0 Å². The summed E-state index contributed by atoms with van der Waals surface area (Å²) in [6, 6.07) is 0.799. The number of carbonyl (C=O) groups is 1. The van der Waals surface area contributed by atoms with Crippen LogP contribution in [0.15, 0.2) is 0 Å². The summed E-state index contributed by atoms with van der Waals surface area (Å²) in [6.45, 7) is 5.69. The molecule has 2 unspecified atom stereocenters. The Hall–Kier alpha value is -0.610. The monoisotopic (exact) mass is 158 g/mol. The van der Waals surface area contributed by atoms with Crippen molar-refractivity contribution in [3.05, 3.63) is 0 Å². The molecule has 11 heavy (non-hydrogen) atoms. The third-order valence-corrected chi connectivity index (χ3v) is 2.03. The van der Waals surface area contributed by atoms with Gasteiger partial charge in [-0.05, 0) is 6.92 Å². The predicted octanol–water partition coefficient (Wildman–Crippen LogP) is -0.589. The molecule has 0 radical (unpaired) electrons. The molecule has 2 fully saturated rings. The van der Waals surface area contributed by atoms with Crippen molar-refractivity contribution in [2.24, 2.45) is 0 Å². The first-order chi connectivity index (χ1) is 5.04. The van der Waals surface area contributed by atoms with E-state index in [1.165, 1.54) is 6.54 Å². The molecule has 2 aliphatic heterocycles. The van der Waals surface area contributed by atoms with E-state index in [0.717, 1.165) is 19.5 Å². The molecule has 0 aromatic carbocycles. The van der Waals surface area contributed by atoms with Crippen LogP contribution in [-0.4, -0.2) is 35.7 Å². The van der Waals surface area contributed by atoms with Crippen LogP contribution in [0.4, 0.5) is 0 Å². The Morgan fingerprint density at radius 1 is 1.73 bits per heavy atom. The molecule has 3 N–H and O–H groups in total. The molecule has 2 rings (SSSR count). The number of aliphatic carboxylic acids is 1. The van der Waals surface area contributed by atoms with E-state index in [2.05, 4.69) is 17.6 Å². The number of rotatable bonds is 0. The Bertz CT molecular complexity index is 166. The van der Waals surface area contributed by atoms with Gasteiger partial charge in [-0.15, -0.1) is 0 Å². The van der Waals surface area contributed by atoms with E-state index in [0.29, 0.717) is 5.54 Å². The molecule has 64 valence electrons. The standard InChI is InChI=1S/C5H10N2.C2H4O2/c1-5-3-6-2-4(5)7-5;1-2(3)4/h4,6-7H,2-3H2,1H3;1H3,(H,3,4). The Morgan fingerprint density at radius 3 is 2.36 bits per heavy atom. The van der Waals surface area contributed by atoms with Crippen molar-refractivity contribution in [2.75, 3.05) is 13.1 Å². The summed E-state index contributed by atoms with van der Waals surface area (Å²) in [6.07, 6.45) is 0. The second kappa shape index (κ2) is 2.79. The van der Waals surface area contributed by atoms with Crippen molar-refractivity contribution >= 4 is 5.97 Å². The van der Waals surface area contributed by atoms with E-state index >= 15 is 0 Å². The summed E-state index contributed by atoms with van der Waals surface area (Å²) in [5, 5.41) is 14.1. The van der Waals surface area contributed by atoms with Crippen LogP contribution in [-0.2, 0) is 4.79 Å². The number of hydrogen-bond acceptors (Lipinski definition) is 3. The molecule has 4 nitrogen and oxygen atoms in total. The Labute approximate surface area is 66.0 Å². The molecule has 0 spiro atoms. The minimum absolute atomic E-state index is 0.500. The number of hydrogen-bond donors (Lipinski definition) is 3. The molecule has 4 heteroatoms. The van der Waals surface area contributed by atoms with Crippen molar-refractivity contribution < 1.29 is 9.90 Å². The van der Waals surface area contributed by atoms with Crippen molar-refractivity contribution in [2.45, 2.75) is 25.4 Å². The summed E-state index contributed by atoms with van der Waals surface area (Å²) >= 11 is 0. The first-order valence-electron chi connectivity index (χ1n) is 3.72. The van der Waals surface area contributed by atoms with E-state index in [4.69, 9.17) is 9.90 Å².